The minimum atomic E-state index is -0.112. The number of nitrogens with zero attached hydrogens (tertiary/aromatic N) is 2. The SMILES string of the molecule is Cc1cc2c3c(c1)N(c1ccc4c(c1)C(C)(C)CCC4(C)C)c1c(oc4cc5c(cc14)C(C)(C)CCC5(C)C)B3c1cc3c(cc1N2c1ccc(-c2ccc(C(C)(C)C)cc2)cc1C)C(C)(C)CCC3(C)C. The van der Waals surface area contributed by atoms with Crippen LogP contribution in [0.5, 0.6) is 0 Å². The van der Waals surface area contributed by atoms with Crippen LogP contribution in [0.25, 0.3) is 22.1 Å². The molecule has 6 aromatic carbocycles. The third-order valence-electron chi connectivity index (χ3n) is 19.4. The van der Waals surface area contributed by atoms with Crippen LogP contribution in [0.1, 0.15) is 192 Å². The summed E-state index contributed by atoms with van der Waals surface area (Å²) in [5.41, 5.74) is 27.8. The Morgan fingerprint density at radius 2 is 0.958 bits per heavy atom. The quantitative estimate of drug-likeness (QED) is 0.165. The van der Waals surface area contributed by atoms with Crippen molar-refractivity contribution >= 4 is 68.4 Å². The van der Waals surface area contributed by atoms with E-state index in [2.05, 4.69) is 225 Å². The molecule has 0 N–H and O–H groups in total. The van der Waals surface area contributed by atoms with Crippen LogP contribution in [-0.4, -0.2) is 6.71 Å². The van der Waals surface area contributed by atoms with Gasteiger partial charge in [-0.2, -0.15) is 0 Å². The molecule has 4 heteroatoms. The first kappa shape index (κ1) is 47.5. The fourth-order valence-electron chi connectivity index (χ4n) is 14.2. The molecule has 370 valence electrons. The molecule has 3 heterocycles. The lowest BCUT2D eigenvalue weighted by Gasteiger charge is -2.47. The van der Waals surface area contributed by atoms with Crippen molar-refractivity contribution < 1.29 is 4.42 Å². The molecule has 7 aromatic rings. The van der Waals surface area contributed by atoms with Gasteiger partial charge in [-0.15, -0.1) is 0 Å². The molecule has 1 aromatic heterocycles. The second kappa shape index (κ2) is 15.1. The summed E-state index contributed by atoms with van der Waals surface area (Å²) in [5, 5.41) is 1.23. The molecule has 0 saturated carbocycles. The molecule has 0 amide bonds. The van der Waals surface area contributed by atoms with Crippen LogP contribution in [0.4, 0.5) is 34.1 Å². The summed E-state index contributed by atoms with van der Waals surface area (Å²) in [5.74, 6) is 0. The first-order chi connectivity index (χ1) is 33.6. The predicted molar refractivity (Wildman–Crippen MR) is 310 cm³/mol. The van der Waals surface area contributed by atoms with E-state index in [1.54, 1.807) is 0 Å². The molecule has 5 aliphatic rings. The van der Waals surface area contributed by atoms with Crippen molar-refractivity contribution in [1.82, 2.24) is 0 Å². The number of benzene rings is 6. The van der Waals surface area contributed by atoms with Crippen molar-refractivity contribution in [3.8, 4) is 11.1 Å². The van der Waals surface area contributed by atoms with Crippen molar-refractivity contribution in [2.75, 3.05) is 9.80 Å². The van der Waals surface area contributed by atoms with E-state index in [0.29, 0.717) is 0 Å². The highest BCUT2D eigenvalue weighted by molar-refractivity contribution is 7.00. The van der Waals surface area contributed by atoms with Crippen molar-refractivity contribution in [2.24, 2.45) is 0 Å². The van der Waals surface area contributed by atoms with Crippen LogP contribution in [0.2, 0.25) is 0 Å². The van der Waals surface area contributed by atoms with E-state index < -0.39 is 0 Å². The second-order valence-corrected chi connectivity index (χ2v) is 28.3. The third kappa shape index (κ3) is 6.95. The van der Waals surface area contributed by atoms with Gasteiger partial charge in [0, 0.05) is 33.8 Å². The Kier molecular flexibility index (Phi) is 9.95. The van der Waals surface area contributed by atoms with Crippen LogP contribution < -0.4 is 26.4 Å². The predicted octanol–water partition coefficient (Wildman–Crippen LogP) is 17.1. The normalized spacial score (nSPS) is 20.3. The number of hydrogen-bond acceptors (Lipinski definition) is 3. The maximum atomic E-state index is 7.73. The van der Waals surface area contributed by atoms with E-state index in [4.69, 9.17) is 4.42 Å². The Labute approximate surface area is 432 Å². The van der Waals surface area contributed by atoms with E-state index in [1.807, 2.05) is 0 Å². The molecular weight excluding hydrogens is 872 g/mol. The minimum Gasteiger partial charge on any atom is -0.468 e. The van der Waals surface area contributed by atoms with Crippen molar-refractivity contribution in [1.29, 1.82) is 0 Å². The number of rotatable bonds is 3. The van der Waals surface area contributed by atoms with Crippen molar-refractivity contribution in [3.05, 3.63) is 147 Å². The average Bonchev–Trinajstić information content (AvgIpc) is 3.68. The molecule has 72 heavy (non-hydrogen) atoms. The summed E-state index contributed by atoms with van der Waals surface area (Å²) in [6.45, 7) is 41.0. The molecule has 0 fully saturated rings. The van der Waals surface area contributed by atoms with Crippen molar-refractivity contribution in [2.45, 2.75) is 194 Å². The monoisotopic (exact) mass is 951 g/mol. The molecule has 0 atom stereocenters. The highest BCUT2D eigenvalue weighted by Crippen LogP contribution is 2.55. The first-order valence-corrected chi connectivity index (χ1v) is 27.5. The Hall–Kier alpha value is -5.48. The van der Waals surface area contributed by atoms with E-state index >= 15 is 0 Å². The second-order valence-electron chi connectivity index (χ2n) is 28.3. The third-order valence-corrected chi connectivity index (χ3v) is 19.4. The molecule has 0 unspecified atom stereocenters. The summed E-state index contributed by atoms with van der Waals surface area (Å²) in [6, 6.07) is 39.2. The molecule has 2 aliphatic heterocycles. The number of anilines is 6. The van der Waals surface area contributed by atoms with Crippen molar-refractivity contribution in [3.63, 3.8) is 0 Å². The molecule has 3 nitrogen and oxygen atoms in total. The van der Waals surface area contributed by atoms with Gasteiger partial charge in [0.1, 0.15) is 5.58 Å². The zero-order chi connectivity index (χ0) is 51.2. The summed E-state index contributed by atoms with van der Waals surface area (Å²) < 4.78 is 7.73. The van der Waals surface area contributed by atoms with Gasteiger partial charge in [-0.3, -0.25) is 0 Å². The highest BCUT2D eigenvalue weighted by atomic mass is 16.3. The lowest BCUT2D eigenvalue weighted by molar-refractivity contribution is 0.332. The zero-order valence-corrected chi connectivity index (χ0v) is 46.9. The fraction of sp³-hybridized carbons (Fsp3) is 0.441. The Morgan fingerprint density at radius 3 is 1.53 bits per heavy atom. The number of hydrogen-bond donors (Lipinski definition) is 0. The molecule has 0 spiro atoms. The highest BCUT2D eigenvalue weighted by Gasteiger charge is 2.50. The largest absolute Gasteiger partial charge is 0.468 e. The lowest BCUT2D eigenvalue weighted by Crippen LogP contribution is -2.61. The fourth-order valence-corrected chi connectivity index (χ4v) is 14.2. The number of furan rings is 1. The van der Waals surface area contributed by atoms with Crippen LogP contribution in [-0.2, 0) is 37.9 Å². The van der Waals surface area contributed by atoms with Gasteiger partial charge in [0.15, 0.2) is 0 Å². The summed E-state index contributed by atoms with van der Waals surface area (Å²) >= 11 is 0. The zero-order valence-electron chi connectivity index (χ0n) is 46.9. The van der Waals surface area contributed by atoms with Gasteiger partial charge < -0.3 is 14.2 Å². The molecule has 0 radical (unpaired) electrons. The molecule has 0 bridgehead atoms. The lowest BCUT2D eigenvalue weighted by atomic mass is 9.35. The maximum Gasteiger partial charge on any atom is 0.297 e. The van der Waals surface area contributed by atoms with Crippen LogP contribution >= 0.6 is 0 Å². The van der Waals surface area contributed by atoms with Gasteiger partial charge >= 0.3 is 0 Å². The average molecular weight is 951 g/mol. The van der Waals surface area contributed by atoms with E-state index in [-0.39, 0.29) is 44.6 Å². The van der Waals surface area contributed by atoms with Gasteiger partial charge in [-0.1, -0.05) is 146 Å². The van der Waals surface area contributed by atoms with Crippen LogP contribution in [0.3, 0.4) is 0 Å². The van der Waals surface area contributed by atoms with Gasteiger partial charge in [-0.05, 0) is 217 Å². The smallest absolute Gasteiger partial charge is 0.297 e. The van der Waals surface area contributed by atoms with Gasteiger partial charge in [0.25, 0.3) is 6.71 Å². The van der Waals surface area contributed by atoms with E-state index in [9.17, 15) is 0 Å². The van der Waals surface area contributed by atoms with Gasteiger partial charge in [0.05, 0.1) is 11.3 Å². The molecular formula is C68H79BN2O. The molecule has 12 rings (SSSR count). The maximum absolute atomic E-state index is 7.73. The Bertz CT molecular complexity index is 3440. The van der Waals surface area contributed by atoms with E-state index in [0.717, 1.165) is 36.9 Å². The minimum absolute atomic E-state index is 0.0263. The molecule has 0 saturated heterocycles. The van der Waals surface area contributed by atoms with Crippen LogP contribution in [0.15, 0.2) is 101 Å². The van der Waals surface area contributed by atoms with Gasteiger partial charge in [0.2, 0.25) is 0 Å². The summed E-state index contributed by atoms with van der Waals surface area (Å²) in [4.78, 5) is 5.31. The Balaban J connectivity index is 1.17. The van der Waals surface area contributed by atoms with Crippen LogP contribution in [0, 0.1) is 13.8 Å². The molecule has 3 aliphatic carbocycles. The van der Waals surface area contributed by atoms with E-state index in [1.165, 1.54) is 124 Å². The Morgan fingerprint density at radius 1 is 0.458 bits per heavy atom. The number of fused-ring (bicyclic) bond motifs is 9. The number of aryl methyl sites for hydroxylation is 2. The summed E-state index contributed by atoms with van der Waals surface area (Å²) in [6.07, 6.45) is 6.99. The standard InChI is InChI=1S/C68H79BN2O/c1-40-32-56-59-57(33-40)71(54-25-20-43(34-41(54)2)42-18-21-44(22-19-42)62(3,4)5)55-38-51-50(66(12,13)29-30-67(51,14)15)37-53(55)69(59)61-60(46-36-49-52(39-58(46)72-61)68(16,17)31-28-65(49,10)11)70(56)45-23-24-47-48(35-45)64(8,9)27-26-63(47,6)7/h18-25,32-39H,26-31H2,1-17H3. The first-order valence-electron chi connectivity index (χ1n) is 27.5. The topological polar surface area (TPSA) is 19.6 Å². The van der Waals surface area contributed by atoms with Gasteiger partial charge in [-0.25, -0.2) is 0 Å². The summed E-state index contributed by atoms with van der Waals surface area (Å²) in [7, 11) is 0.